The Balaban J connectivity index is 1.25. The predicted octanol–water partition coefficient (Wildman–Crippen LogP) is 7.77. The second-order valence-electron chi connectivity index (χ2n) is 14.9. The zero-order valence-corrected chi connectivity index (χ0v) is 29.9. The minimum atomic E-state index is -1.12. The lowest BCUT2D eigenvalue weighted by atomic mass is 9.59. The molecule has 3 aliphatic carbocycles. The number of ether oxygens (including phenoxy) is 2. The van der Waals surface area contributed by atoms with Crippen LogP contribution in [0.4, 0.5) is 5.69 Å². The first-order valence-corrected chi connectivity index (χ1v) is 18.5. The number of pyridine rings is 1. The van der Waals surface area contributed by atoms with E-state index in [9.17, 15) is 19.8 Å². The summed E-state index contributed by atoms with van der Waals surface area (Å²) in [6, 6.07) is 15.5. The average Bonchev–Trinajstić information content (AvgIpc) is 3.37. The summed E-state index contributed by atoms with van der Waals surface area (Å²) >= 11 is 6.26. The molecule has 9 nitrogen and oxygen atoms in total. The molecule has 5 N–H and O–H groups in total. The summed E-state index contributed by atoms with van der Waals surface area (Å²) in [5.41, 5.74) is 10.2. The number of hydrogen-bond donors (Lipinski definition) is 4. The van der Waals surface area contributed by atoms with Crippen LogP contribution in [0.3, 0.4) is 0 Å². The number of aromatic nitrogens is 1. The molecule has 0 saturated heterocycles. The summed E-state index contributed by atoms with van der Waals surface area (Å²) in [7, 11) is 0. The van der Waals surface area contributed by atoms with Gasteiger partial charge in [-0.1, -0.05) is 37.6 Å². The first-order chi connectivity index (χ1) is 24.0. The number of carboxylic acids is 2. The maximum atomic E-state index is 12.9. The van der Waals surface area contributed by atoms with Gasteiger partial charge in [0, 0.05) is 41.1 Å². The number of nitrogens with two attached hydrogens (primary N) is 1. The minimum Gasteiger partial charge on any atom is -0.493 e. The van der Waals surface area contributed by atoms with Crippen LogP contribution in [0.25, 0.3) is 0 Å². The van der Waals surface area contributed by atoms with E-state index in [0.717, 1.165) is 43.5 Å². The van der Waals surface area contributed by atoms with Gasteiger partial charge in [-0.25, -0.2) is 4.79 Å². The largest absolute Gasteiger partial charge is 0.493 e. The van der Waals surface area contributed by atoms with E-state index in [-0.39, 0.29) is 30.2 Å². The normalized spacial score (nSPS) is 25.3. The molecule has 1 unspecified atom stereocenters. The van der Waals surface area contributed by atoms with Crippen molar-refractivity contribution in [2.24, 2.45) is 17.6 Å². The highest BCUT2D eigenvalue weighted by molar-refractivity contribution is 6.30. The number of benzene rings is 2. The van der Waals surface area contributed by atoms with E-state index in [1.807, 2.05) is 30.5 Å². The van der Waals surface area contributed by atoms with Gasteiger partial charge in [-0.3, -0.25) is 9.78 Å². The molecular formula is C40H50ClN3O6. The highest BCUT2D eigenvalue weighted by atomic mass is 35.5. The molecule has 6 rings (SSSR count). The lowest BCUT2D eigenvalue weighted by Gasteiger charge is -2.47. The maximum Gasteiger partial charge on any atom is 0.329 e. The molecule has 50 heavy (non-hydrogen) atoms. The molecule has 3 aromatic rings. The van der Waals surface area contributed by atoms with Gasteiger partial charge in [0.25, 0.3) is 0 Å². The van der Waals surface area contributed by atoms with E-state index < -0.39 is 23.6 Å². The van der Waals surface area contributed by atoms with Gasteiger partial charge < -0.3 is 30.7 Å². The third-order valence-corrected chi connectivity index (χ3v) is 11.7. The Hall–Kier alpha value is -3.82. The molecular weight excluding hydrogens is 654 g/mol. The minimum absolute atomic E-state index is 0.0170. The van der Waals surface area contributed by atoms with Gasteiger partial charge in [0.2, 0.25) is 0 Å². The van der Waals surface area contributed by atoms with Crippen LogP contribution in [0.5, 0.6) is 11.5 Å². The highest BCUT2D eigenvalue weighted by Crippen LogP contribution is 2.57. The number of hydrogen-bond acceptors (Lipinski definition) is 7. The summed E-state index contributed by atoms with van der Waals surface area (Å²) in [4.78, 5) is 28.8. The predicted molar refractivity (Wildman–Crippen MR) is 194 cm³/mol. The number of rotatable bonds is 14. The van der Waals surface area contributed by atoms with E-state index in [1.54, 1.807) is 12.1 Å². The third-order valence-electron chi connectivity index (χ3n) is 11.5. The van der Waals surface area contributed by atoms with Gasteiger partial charge in [-0.05, 0) is 135 Å². The molecule has 1 heterocycles. The summed E-state index contributed by atoms with van der Waals surface area (Å²) in [5, 5.41) is 23.7. The van der Waals surface area contributed by atoms with E-state index in [2.05, 4.69) is 36.3 Å². The molecule has 2 aromatic carbocycles. The second kappa shape index (κ2) is 15.2. The van der Waals surface area contributed by atoms with Crippen molar-refractivity contribution in [2.45, 2.75) is 107 Å². The van der Waals surface area contributed by atoms with Crippen molar-refractivity contribution in [1.29, 1.82) is 0 Å². The van der Waals surface area contributed by atoms with Crippen LogP contribution in [0.15, 0.2) is 54.7 Å². The van der Waals surface area contributed by atoms with Crippen molar-refractivity contribution in [3.63, 3.8) is 0 Å². The Bertz CT molecular complexity index is 1690. The quantitative estimate of drug-likeness (QED) is 0.132. The van der Waals surface area contributed by atoms with Crippen LogP contribution in [-0.2, 0) is 27.8 Å². The van der Waals surface area contributed by atoms with Crippen LogP contribution in [0.1, 0.15) is 99.9 Å². The zero-order chi connectivity index (χ0) is 35.5. The van der Waals surface area contributed by atoms with E-state index >= 15 is 0 Å². The van der Waals surface area contributed by atoms with Gasteiger partial charge >= 0.3 is 11.9 Å². The topological polar surface area (TPSA) is 144 Å². The molecule has 1 fully saturated rings. The Labute approximate surface area is 299 Å². The van der Waals surface area contributed by atoms with E-state index in [0.29, 0.717) is 61.1 Å². The summed E-state index contributed by atoms with van der Waals surface area (Å²) in [6.45, 7) is 5.32. The van der Waals surface area contributed by atoms with Crippen LogP contribution in [0.2, 0.25) is 5.02 Å². The van der Waals surface area contributed by atoms with Gasteiger partial charge in [-0.15, -0.1) is 0 Å². The first-order valence-electron chi connectivity index (χ1n) is 18.1. The molecule has 3 aliphatic rings. The number of carbonyl (C=O) groups is 2. The standard InChI is InChI=1S/C40H50ClN3O6/c1-25(24-49-35-13-18-43-34-8-3-5-26(2)37(34)35)19-28-20-27-9-10-31(50-32(23-42)11-12-36(45)46)22-33(27)39(28)14-16-40(17-15-39,38(47)48)44-30-7-4-6-29(41)21-30/h4,6-7,9-10,13,18,21-22,25-26,28,32,44H,3,5,8,11-12,14-17,19-20,23-24,42H2,1-2H3,(H,45,46)(H,47,48)/t25-,26-,28+,32?,39?,40?/m1/s1. The first kappa shape index (κ1) is 36.0. The molecule has 0 radical (unpaired) electrons. The summed E-state index contributed by atoms with van der Waals surface area (Å²) in [5.74, 6) is 0.861. The van der Waals surface area contributed by atoms with Gasteiger partial charge in [0.1, 0.15) is 23.1 Å². The number of halogens is 1. The molecule has 1 spiro atoms. The highest BCUT2D eigenvalue weighted by Gasteiger charge is 2.54. The number of nitrogens with one attached hydrogen (secondary N) is 1. The third kappa shape index (κ3) is 7.59. The van der Waals surface area contributed by atoms with Gasteiger partial charge in [-0.2, -0.15) is 0 Å². The second-order valence-corrected chi connectivity index (χ2v) is 15.4. The van der Waals surface area contributed by atoms with E-state index in [1.165, 1.54) is 16.7 Å². The number of aryl methyl sites for hydroxylation is 1. The molecule has 0 amide bonds. The fourth-order valence-corrected chi connectivity index (χ4v) is 9.04. The monoisotopic (exact) mass is 703 g/mol. The molecule has 0 bridgehead atoms. The molecule has 10 heteroatoms. The fraction of sp³-hybridized carbons (Fsp3) is 0.525. The van der Waals surface area contributed by atoms with Crippen molar-refractivity contribution >= 4 is 29.2 Å². The zero-order valence-electron chi connectivity index (χ0n) is 29.1. The summed E-state index contributed by atoms with van der Waals surface area (Å²) in [6.07, 6.45) is 9.16. The molecule has 1 aromatic heterocycles. The van der Waals surface area contributed by atoms with Crippen molar-refractivity contribution < 1.29 is 29.3 Å². The fourth-order valence-electron chi connectivity index (χ4n) is 8.85. The van der Waals surface area contributed by atoms with Crippen molar-refractivity contribution in [1.82, 2.24) is 4.98 Å². The Morgan fingerprint density at radius 2 is 1.92 bits per heavy atom. The van der Waals surface area contributed by atoms with Crippen molar-refractivity contribution in [2.75, 3.05) is 18.5 Å². The number of aliphatic carboxylic acids is 2. The molecule has 4 atom stereocenters. The Morgan fingerprint density at radius 1 is 1.12 bits per heavy atom. The lowest BCUT2D eigenvalue weighted by Crippen LogP contribution is -2.53. The molecule has 1 saturated carbocycles. The van der Waals surface area contributed by atoms with Crippen LogP contribution < -0.4 is 20.5 Å². The van der Waals surface area contributed by atoms with Gasteiger partial charge in [0.15, 0.2) is 0 Å². The number of carboxylic acid groups (broad SMARTS) is 2. The average molecular weight is 704 g/mol. The Kier molecular flexibility index (Phi) is 10.9. The SMILES string of the molecule is C[C@@H](COc1ccnc2c1[C@H](C)CCC2)C[C@H]1Cc2ccc(OC(CN)CCC(=O)O)cc2C12CCC(Nc1cccc(Cl)c1)(C(=O)O)CC2. The lowest BCUT2D eigenvalue weighted by molar-refractivity contribution is -0.144. The van der Waals surface area contributed by atoms with Crippen molar-refractivity contribution in [3.05, 3.63) is 82.1 Å². The van der Waals surface area contributed by atoms with Crippen LogP contribution in [-0.4, -0.2) is 51.9 Å². The van der Waals surface area contributed by atoms with Crippen molar-refractivity contribution in [3.8, 4) is 11.5 Å². The molecule has 0 aliphatic heterocycles. The summed E-state index contributed by atoms with van der Waals surface area (Å²) < 4.78 is 12.8. The molecule has 268 valence electrons. The van der Waals surface area contributed by atoms with E-state index in [4.69, 9.17) is 26.8 Å². The van der Waals surface area contributed by atoms with Crippen LogP contribution in [0, 0.1) is 11.8 Å². The number of anilines is 1. The number of nitrogens with zero attached hydrogens (tertiary/aromatic N) is 1. The number of fused-ring (bicyclic) bond motifs is 3. The van der Waals surface area contributed by atoms with Gasteiger partial charge in [0.05, 0.1) is 6.61 Å². The van der Waals surface area contributed by atoms with Crippen LogP contribution >= 0.6 is 11.6 Å². The maximum absolute atomic E-state index is 12.9. The Morgan fingerprint density at radius 3 is 2.64 bits per heavy atom. The smallest absolute Gasteiger partial charge is 0.329 e.